The van der Waals surface area contributed by atoms with E-state index in [0.717, 1.165) is 0 Å². The molecule has 3 rings (SSSR count). The number of fused-ring (bicyclic) bond motifs is 1. The van der Waals surface area contributed by atoms with Crippen molar-refractivity contribution in [3.05, 3.63) is 58.6 Å². The summed E-state index contributed by atoms with van der Waals surface area (Å²) in [6.07, 6.45) is 0.627. The Morgan fingerprint density at radius 1 is 1.25 bits per heavy atom. The summed E-state index contributed by atoms with van der Waals surface area (Å²) < 4.78 is 4.77. The van der Waals surface area contributed by atoms with Crippen molar-refractivity contribution < 1.29 is 9.53 Å². The van der Waals surface area contributed by atoms with Gasteiger partial charge in [-0.3, -0.25) is 0 Å². The smallest absolute Gasteiger partial charge is 0.336 e. The minimum atomic E-state index is -0.321. The van der Waals surface area contributed by atoms with Gasteiger partial charge in [0.05, 0.1) is 17.7 Å². The number of esters is 1. The van der Waals surface area contributed by atoms with Gasteiger partial charge in [-0.1, -0.05) is 54.2 Å². The average molecular weight is 285 g/mol. The van der Waals surface area contributed by atoms with Crippen LogP contribution in [0.1, 0.15) is 17.2 Å². The summed E-state index contributed by atoms with van der Waals surface area (Å²) in [6, 6.07) is 14.6. The van der Waals surface area contributed by atoms with E-state index < -0.39 is 0 Å². The van der Waals surface area contributed by atoms with E-state index in [-0.39, 0.29) is 11.2 Å². The van der Waals surface area contributed by atoms with Gasteiger partial charge in [-0.15, -0.1) is 0 Å². The number of hydrogen-bond acceptors (Lipinski definition) is 4. The van der Waals surface area contributed by atoms with Crippen LogP contribution in [0, 0.1) is 0 Å². The molecule has 0 bridgehead atoms. The van der Waals surface area contributed by atoms with E-state index in [2.05, 4.69) is 30.3 Å². The molecule has 0 aliphatic carbocycles. The minimum Gasteiger partial charge on any atom is -0.466 e. The number of hydrogen-bond donors (Lipinski definition) is 1. The van der Waals surface area contributed by atoms with Crippen LogP contribution in [0.2, 0.25) is 0 Å². The Bertz CT molecular complexity index is 708. The van der Waals surface area contributed by atoms with E-state index in [1.54, 1.807) is 0 Å². The molecule has 0 radical (unpaired) electrons. The molecule has 0 saturated heterocycles. The second-order valence-corrected chi connectivity index (χ2v) is 6.00. The number of ether oxygens (including phenoxy) is 1. The largest absolute Gasteiger partial charge is 0.466 e. The van der Waals surface area contributed by atoms with E-state index in [1.807, 2.05) is 12.1 Å². The van der Waals surface area contributed by atoms with Crippen LogP contribution in [0.4, 0.5) is 0 Å². The first-order chi connectivity index (χ1) is 9.69. The van der Waals surface area contributed by atoms with Gasteiger partial charge in [0.2, 0.25) is 0 Å². The molecule has 2 aromatic carbocycles. The van der Waals surface area contributed by atoms with Crippen molar-refractivity contribution in [2.45, 2.75) is 11.7 Å². The third kappa shape index (κ3) is 2.27. The van der Waals surface area contributed by atoms with Gasteiger partial charge in [0.25, 0.3) is 0 Å². The second kappa shape index (κ2) is 5.21. The predicted octanol–water partition coefficient (Wildman–Crippen LogP) is 3.36. The van der Waals surface area contributed by atoms with Crippen LogP contribution in [0.5, 0.6) is 0 Å². The molecule has 102 valence electrons. The molecule has 3 nitrogen and oxygen atoms in total. The Morgan fingerprint density at radius 2 is 2.00 bits per heavy atom. The van der Waals surface area contributed by atoms with Gasteiger partial charge < -0.3 is 10.5 Å². The summed E-state index contributed by atoms with van der Waals surface area (Å²) in [7, 11) is 1.39. The summed E-state index contributed by atoms with van der Waals surface area (Å²) in [5.74, 6) is -0.321. The lowest BCUT2D eigenvalue weighted by Gasteiger charge is -2.10. The SMILES string of the molecule is COC(=O)C1=C(N)SC(c2ccc3ccccc3c2)C1. The van der Waals surface area contributed by atoms with Gasteiger partial charge >= 0.3 is 5.97 Å². The Balaban J connectivity index is 1.89. The fourth-order valence-corrected chi connectivity index (χ4v) is 3.60. The van der Waals surface area contributed by atoms with Crippen molar-refractivity contribution >= 4 is 28.5 Å². The van der Waals surface area contributed by atoms with Crippen molar-refractivity contribution in [1.29, 1.82) is 0 Å². The number of benzene rings is 2. The lowest BCUT2D eigenvalue weighted by atomic mass is 10.0. The number of carbonyl (C=O) groups is 1. The summed E-state index contributed by atoms with van der Waals surface area (Å²) >= 11 is 1.54. The molecule has 0 spiro atoms. The highest BCUT2D eigenvalue weighted by Gasteiger charge is 2.29. The summed E-state index contributed by atoms with van der Waals surface area (Å²) in [4.78, 5) is 11.6. The van der Waals surface area contributed by atoms with Crippen LogP contribution >= 0.6 is 11.8 Å². The van der Waals surface area contributed by atoms with Crippen LogP contribution in [-0.2, 0) is 9.53 Å². The molecule has 1 unspecified atom stereocenters. The van der Waals surface area contributed by atoms with Gasteiger partial charge in [-0.25, -0.2) is 4.79 Å². The standard InChI is InChI=1S/C16H15NO2S/c1-19-16(18)13-9-14(20-15(13)17)12-7-6-10-4-2-3-5-11(10)8-12/h2-8,14H,9,17H2,1H3. The Hall–Kier alpha value is -1.94. The summed E-state index contributed by atoms with van der Waals surface area (Å²) in [5, 5.41) is 3.19. The van der Waals surface area contributed by atoms with Gasteiger partial charge in [0.15, 0.2) is 0 Å². The number of rotatable bonds is 2. The van der Waals surface area contributed by atoms with E-state index in [0.29, 0.717) is 17.0 Å². The summed E-state index contributed by atoms with van der Waals surface area (Å²) in [6.45, 7) is 0. The monoisotopic (exact) mass is 285 g/mol. The Kier molecular flexibility index (Phi) is 3.40. The molecule has 1 aliphatic rings. The molecule has 4 heteroatoms. The van der Waals surface area contributed by atoms with Crippen molar-refractivity contribution in [2.75, 3.05) is 7.11 Å². The van der Waals surface area contributed by atoms with E-state index in [1.165, 1.54) is 35.2 Å². The molecule has 0 fully saturated rings. The van der Waals surface area contributed by atoms with Crippen LogP contribution in [0.3, 0.4) is 0 Å². The van der Waals surface area contributed by atoms with E-state index >= 15 is 0 Å². The minimum absolute atomic E-state index is 0.189. The number of thioether (sulfide) groups is 1. The molecule has 2 N–H and O–H groups in total. The fourth-order valence-electron chi connectivity index (χ4n) is 2.45. The van der Waals surface area contributed by atoms with Gasteiger partial charge in [-0.05, 0) is 22.8 Å². The maximum atomic E-state index is 11.6. The Labute approximate surface area is 121 Å². The van der Waals surface area contributed by atoms with Gasteiger partial charge in [-0.2, -0.15) is 0 Å². The van der Waals surface area contributed by atoms with Gasteiger partial charge in [0.1, 0.15) is 0 Å². The van der Waals surface area contributed by atoms with Crippen LogP contribution in [0.25, 0.3) is 10.8 Å². The molecule has 1 heterocycles. The number of nitrogens with two attached hydrogens (primary N) is 1. The first-order valence-corrected chi connectivity index (χ1v) is 7.29. The molecular weight excluding hydrogens is 270 g/mol. The first kappa shape index (κ1) is 13.1. The molecule has 2 aromatic rings. The quantitative estimate of drug-likeness (QED) is 0.860. The molecule has 1 atom stereocenters. The van der Waals surface area contributed by atoms with Crippen molar-refractivity contribution in [3.63, 3.8) is 0 Å². The maximum absolute atomic E-state index is 11.6. The first-order valence-electron chi connectivity index (χ1n) is 6.41. The lowest BCUT2D eigenvalue weighted by Crippen LogP contribution is -2.07. The molecule has 0 saturated carbocycles. The average Bonchev–Trinajstić information content (AvgIpc) is 2.88. The molecule has 1 aliphatic heterocycles. The zero-order chi connectivity index (χ0) is 14.1. The van der Waals surface area contributed by atoms with Gasteiger partial charge in [0, 0.05) is 5.25 Å². The second-order valence-electron chi connectivity index (χ2n) is 4.75. The molecule has 0 aromatic heterocycles. The van der Waals surface area contributed by atoms with Crippen LogP contribution in [-0.4, -0.2) is 13.1 Å². The molecular formula is C16H15NO2S. The fraction of sp³-hybridized carbons (Fsp3) is 0.188. The van der Waals surface area contributed by atoms with Crippen LogP contribution < -0.4 is 5.73 Å². The summed E-state index contributed by atoms with van der Waals surface area (Å²) in [5.41, 5.74) is 7.72. The predicted molar refractivity (Wildman–Crippen MR) is 82.1 cm³/mol. The normalized spacial score (nSPS) is 18.6. The van der Waals surface area contributed by atoms with Crippen molar-refractivity contribution in [1.82, 2.24) is 0 Å². The van der Waals surface area contributed by atoms with E-state index in [9.17, 15) is 4.79 Å². The third-order valence-corrected chi connectivity index (χ3v) is 4.76. The van der Waals surface area contributed by atoms with Crippen LogP contribution in [0.15, 0.2) is 53.1 Å². The van der Waals surface area contributed by atoms with E-state index in [4.69, 9.17) is 10.5 Å². The Morgan fingerprint density at radius 3 is 2.75 bits per heavy atom. The number of methoxy groups -OCH3 is 1. The lowest BCUT2D eigenvalue weighted by molar-refractivity contribution is -0.136. The zero-order valence-corrected chi connectivity index (χ0v) is 11.9. The van der Waals surface area contributed by atoms with Crippen molar-refractivity contribution in [2.24, 2.45) is 5.73 Å². The highest BCUT2D eigenvalue weighted by Crippen LogP contribution is 2.46. The molecule has 20 heavy (non-hydrogen) atoms. The third-order valence-electron chi connectivity index (χ3n) is 3.53. The highest BCUT2D eigenvalue weighted by atomic mass is 32.2. The topological polar surface area (TPSA) is 52.3 Å². The zero-order valence-electron chi connectivity index (χ0n) is 11.1. The van der Waals surface area contributed by atoms with Crippen molar-refractivity contribution in [3.8, 4) is 0 Å². The maximum Gasteiger partial charge on any atom is 0.336 e. The molecule has 0 amide bonds. The number of carbonyl (C=O) groups excluding carboxylic acids is 1. The highest BCUT2D eigenvalue weighted by molar-refractivity contribution is 8.03.